The lowest BCUT2D eigenvalue weighted by atomic mass is 10.4. The zero-order chi connectivity index (χ0) is 12.3. The van der Waals surface area contributed by atoms with Crippen LogP contribution in [0.4, 0.5) is 0 Å². The van der Waals surface area contributed by atoms with Crippen molar-refractivity contribution in [2.75, 3.05) is 7.05 Å². The lowest BCUT2D eigenvalue weighted by molar-refractivity contribution is -0.119. The summed E-state index contributed by atoms with van der Waals surface area (Å²) in [5.41, 5.74) is 0.609. The highest BCUT2D eigenvalue weighted by atomic mass is 32.2. The molecule has 16 heavy (non-hydrogen) atoms. The molecular weight excluding hydrogens is 232 g/mol. The van der Waals surface area contributed by atoms with Crippen LogP contribution < -0.4 is 5.32 Å². The second-order valence-corrected chi connectivity index (χ2v) is 5.82. The van der Waals surface area contributed by atoms with Gasteiger partial charge >= 0.3 is 0 Å². The highest BCUT2D eigenvalue weighted by molar-refractivity contribution is 7.92. The second-order valence-electron chi connectivity index (χ2n) is 3.50. The van der Waals surface area contributed by atoms with Gasteiger partial charge in [-0.2, -0.15) is 0 Å². The fourth-order valence-electron chi connectivity index (χ4n) is 1.17. The first-order valence-corrected chi connectivity index (χ1v) is 6.43. The molecule has 0 aliphatic carbocycles. The molecule has 0 bridgehead atoms. The van der Waals surface area contributed by atoms with Crippen molar-refractivity contribution >= 4 is 15.7 Å². The SMILES string of the molecule is CNC(=O)C(C)S(=O)(=O)Cc1cc(C)no1. The van der Waals surface area contributed by atoms with E-state index in [4.69, 9.17) is 4.52 Å². The van der Waals surface area contributed by atoms with E-state index in [2.05, 4.69) is 10.5 Å². The smallest absolute Gasteiger partial charge is 0.237 e. The molecule has 0 aliphatic rings. The highest BCUT2D eigenvalue weighted by Gasteiger charge is 2.28. The molecule has 1 amide bonds. The van der Waals surface area contributed by atoms with Crippen molar-refractivity contribution in [1.29, 1.82) is 0 Å². The predicted molar refractivity (Wildman–Crippen MR) is 57.4 cm³/mol. The van der Waals surface area contributed by atoms with Crippen molar-refractivity contribution in [3.8, 4) is 0 Å². The van der Waals surface area contributed by atoms with Crippen LogP contribution in [0, 0.1) is 6.92 Å². The average molecular weight is 246 g/mol. The van der Waals surface area contributed by atoms with Gasteiger partial charge in [0.15, 0.2) is 15.6 Å². The first-order chi connectivity index (χ1) is 7.36. The number of sulfone groups is 1. The number of carbonyl (C=O) groups is 1. The maximum absolute atomic E-state index is 11.8. The maximum atomic E-state index is 11.8. The summed E-state index contributed by atoms with van der Waals surface area (Å²) in [7, 11) is -2.16. The molecule has 6 nitrogen and oxygen atoms in total. The molecule has 0 aliphatic heterocycles. The number of aryl methyl sites for hydroxylation is 1. The van der Waals surface area contributed by atoms with Crippen molar-refractivity contribution in [3.63, 3.8) is 0 Å². The lowest BCUT2D eigenvalue weighted by Crippen LogP contribution is -2.36. The van der Waals surface area contributed by atoms with Crippen LogP contribution in [-0.2, 0) is 20.4 Å². The van der Waals surface area contributed by atoms with Gasteiger partial charge in [0.2, 0.25) is 5.91 Å². The molecular formula is C9H14N2O4S. The van der Waals surface area contributed by atoms with E-state index < -0.39 is 21.0 Å². The van der Waals surface area contributed by atoms with Crippen LogP contribution in [0.3, 0.4) is 0 Å². The molecule has 0 radical (unpaired) electrons. The Balaban J connectivity index is 2.83. The fraction of sp³-hybridized carbons (Fsp3) is 0.556. The van der Waals surface area contributed by atoms with Crippen molar-refractivity contribution in [2.45, 2.75) is 24.9 Å². The molecule has 90 valence electrons. The van der Waals surface area contributed by atoms with Gasteiger partial charge in [-0.25, -0.2) is 8.42 Å². The Kier molecular flexibility index (Phi) is 3.69. The molecule has 0 saturated heterocycles. The number of hydrogen-bond acceptors (Lipinski definition) is 5. The van der Waals surface area contributed by atoms with E-state index in [9.17, 15) is 13.2 Å². The number of rotatable bonds is 4. The molecule has 7 heteroatoms. The summed E-state index contributed by atoms with van der Waals surface area (Å²) in [5, 5.41) is 4.79. The zero-order valence-electron chi connectivity index (χ0n) is 9.35. The molecule has 1 heterocycles. The summed E-state index contributed by atoms with van der Waals surface area (Å²) < 4.78 is 28.3. The van der Waals surface area contributed by atoms with Gasteiger partial charge in [-0.05, 0) is 13.8 Å². The first-order valence-electron chi connectivity index (χ1n) is 4.72. The molecule has 1 atom stereocenters. The Morgan fingerprint density at radius 3 is 2.69 bits per heavy atom. The van der Waals surface area contributed by atoms with Crippen LogP contribution >= 0.6 is 0 Å². The topological polar surface area (TPSA) is 89.3 Å². The van der Waals surface area contributed by atoms with Crippen LogP contribution in [-0.4, -0.2) is 31.8 Å². The summed E-state index contributed by atoms with van der Waals surface area (Å²) in [4.78, 5) is 11.2. The van der Waals surface area contributed by atoms with Gasteiger partial charge in [-0.1, -0.05) is 5.16 Å². The van der Waals surface area contributed by atoms with E-state index in [0.717, 1.165) is 0 Å². The number of nitrogens with zero attached hydrogens (tertiary/aromatic N) is 1. The molecule has 1 aromatic heterocycles. The molecule has 0 saturated carbocycles. The van der Waals surface area contributed by atoms with Gasteiger partial charge in [-0.3, -0.25) is 4.79 Å². The number of carbonyl (C=O) groups excluding carboxylic acids is 1. The van der Waals surface area contributed by atoms with Crippen molar-refractivity contribution in [2.24, 2.45) is 0 Å². The third-order valence-electron chi connectivity index (χ3n) is 2.17. The van der Waals surface area contributed by atoms with Gasteiger partial charge in [0.05, 0.1) is 5.69 Å². The molecule has 1 N–H and O–H groups in total. The Morgan fingerprint density at radius 2 is 2.25 bits per heavy atom. The number of amides is 1. The highest BCUT2D eigenvalue weighted by Crippen LogP contribution is 2.12. The summed E-state index contributed by atoms with van der Waals surface area (Å²) in [6, 6.07) is 1.54. The van der Waals surface area contributed by atoms with Crippen LogP contribution in [0.2, 0.25) is 0 Å². The van der Waals surface area contributed by atoms with Crippen molar-refractivity contribution < 1.29 is 17.7 Å². The predicted octanol–water partition coefficient (Wildman–Crippen LogP) is 0.0323. The third kappa shape index (κ3) is 2.82. The standard InChI is InChI=1S/C9H14N2O4S/c1-6-4-8(15-11-6)5-16(13,14)7(2)9(12)10-3/h4,7H,5H2,1-3H3,(H,10,12). The van der Waals surface area contributed by atoms with Crippen molar-refractivity contribution in [1.82, 2.24) is 10.5 Å². The summed E-state index contributed by atoms with van der Waals surface area (Å²) in [6.07, 6.45) is 0. The summed E-state index contributed by atoms with van der Waals surface area (Å²) >= 11 is 0. The van der Waals surface area contributed by atoms with Crippen LogP contribution in [0.5, 0.6) is 0 Å². The molecule has 0 spiro atoms. The quantitative estimate of drug-likeness (QED) is 0.809. The van der Waals surface area contributed by atoms with Gasteiger partial charge in [0.25, 0.3) is 0 Å². The van der Waals surface area contributed by atoms with Gasteiger partial charge < -0.3 is 9.84 Å². The molecule has 1 rings (SSSR count). The van der Waals surface area contributed by atoms with E-state index in [-0.39, 0.29) is 11.5 Å². The number of aromatic nitrogens is 1. The Morgan fingerprint density at radius 1 is 1.62 bits per heavy atom. The minimum atomic E-state index is -3.56. The molecule has 0 fully saturated rings. The molecule has 0 aromatic carbocycles. The Bertz CT molecular complexity index is 477. The molecule has 1 aromatic rings. The van der Waals surface area contributed by atoms with E-state index >= 15 is 0 Å². The Labute approximate surface area is 93.9 Å². The normalized spacial score (nSPS) is 13.4. The van der Waals surface area contributed by atoms with Gasteiger partial charge in [0, 0.05) is 13.1 Å². The fourth-order valence-corrected chi connectivity index (χ4v) is 2.40. The first kappa shape index (κ1) is 12.7. The van der Waals surface area contributed by atoms with E-state index in [1.54, 1.807) is 6.92 Å². The zero-order valence-corrected chi connectivity index (χ0v) is 10.2. The maximum Gasteiger partial charge on any atom is 0.237 e. The lowest BCUT2D eigenvalue weighted by Gasteiger charge is -2.09. The van der Waals surface area contributed by atoms with Crippen LogP contribution in [0.1, 0.15) is 18.4 Å². The van der Waals surface area contributed by atoms with Crippen molar-refractivity contribution in [3.05, 3.63) is 17.5 Å². The third-order valence-corrected chi connectivity index (χ3v) is 4.15. The summed E-state index contributed by atoms with van der Waals surface area (Å²) in [6.45, 7) is 3.04. The van der Waals surface area contributed by atoms with E-state index in [0.29, 0.717) is 5.69 Å². The average Bonchev–Trinajstić information content (AvgIpc) is 2.60. The summed E-state index contributed by atoms with van der Waals surface area (Å²) in [5.74, 6) is -0.605. The van der Waals surface area contributed by atoms with E-state index in [1.807, 2.05) is 0 Å². The number of hydrogen-bond donors (Lipinski definition) is 1. The minimum absolute atomic E-state index is 0.244. The second kappa shape index (κ2) is 4.65. The Hall–Kier alpha value is -1.37. The minimum Gasteiger partial charge on any atom is -0.360 e. The number of nitrogens with one attached hydrogen (secondary N) is 1. The van der Waals surface area contributed by atoms with Gasteiger partial charge in [-0.15, -0.1) is 0 Å². The largest absolute Gasteiger partial charge is 0.360 e. The van der Waals surface area contributed by atoms with Gasteiger partial charge in [0.1, 0.15) is 11.0 Å². The molecule has 1 unspecified atom stereocenters. The van der Waals surface area contributed by atoms with E-state index in [1.165, 1.54) is 20.0 Å². The van der Waals surface area contributed by atoms with Crippen LogP contribution in [0.15, 0.2) is 10.6 Å². The van der Waals surface area contributed by atoms with Crippen LogP contribution in [0.25, 0.3) is 0 Å². The monoisotopic (exact) mass is 246 g/mol.